The molecule has 0 spiro atoms. The van der Waals surface area contributed by atoms with Gasteiger partial charge in [-0.05, 0) is 67.1 Å². The Morgan fingerprint density at radius 2 is 1.88 bits per heavy atom. The van der Waals surface area contributed by atoms with Crippen LogP contribution in [0.25, 0.3) is 6.08 Å². The molecule has 1 saturated heterocycles. The van der Waals surface area contributed by atoms with Gasteiger partial charge in [0.15, 0.2) is 0 Å². The number of aliphatic imine (C=N–C) groups is 1. The SMILES string of the molecule is CCOc1ccc(N=C2NC(=O)S/C2=C\C(C)=C\c2ccccc2)cc1. The van der Waals surface area contributed by atoms with Crippen molar-refractivity contribution in [3.8, 4) is 5.75 Å². The third-order valence-electron chi connectivity index (χ3n) is 3.60. The lowest BCUT2D eigenvalue weighted by atomic mass is 10.1. The molecule has 0 bridgehead atoms. The van der Waals surface area contributed by atoms with Gasteiger partial charge in [0.2, 0.25) is 0 Å². The maximum atomic E-state index is 11.8. The summed E-state index contributed by atoms with van der Waals surface area (Å²) in [5.74, 6) is 1.38. The zero-order chi connectivity index (χ0) is 18.4. The molecular weight excluding hydrogens is 344 g/mol. The Bertz CT molecular complexity index is 869. The molecule has 0 aromatic heterocycles. The fraction of sp³-hybridized carbons (Fsp3) is 0.143. The molecule has 4 nitrogen and oxygen atoms in total. The summed E-state index contributed by atoms with van der Waals surface area (Å²) in [7, 11) is 0. The van der Waals surface area contributed by atoms with Crippen LogP contribution >= 0.6 is 11.8 Å². The van der Waals surface area contributed by atoms with Crippen LogP contribution in [-0.4, -0.2) is 17.7 Å². The summed E-state index contributed by atoms with van der Waals surface area (Å²) < 4.78 is 5.44. The molecule has 26 heavy (non-hydrogen) atoms. The lowest BCUT2D eigenvalue weighted by molar-refractivity contribution is 0.265. The van der Waals surface area contributed by atoms with Crippen molar-refractivity contribution in [1.29, 1.82) is 0 Å². The van der Waals surface area contributed by atoms with E-state index in [0.29, 0.717) is 12.4 Å². The first-order valence-corrected chi connectivity index (χ1v) is 9.21. The zero-order valence-corrected chi connectivity index (χ0v) is 15.5. The van der Waals surface area contributed by atoms with Gasteiger partial charge in [0.05, 0.1) is 17.2 Å². The average molecular weight is 364 g/mol. The van der Waals surface area contributed by atoms with Crippen molar-refractivity contribution < 1.29 is 9.53 Å². The van der Waals surface area contributed by atoms with Gasteiger partial charge < -0.3 is 10.1 Å². The number of thioether (sulfide) groups is 1. The lowest BCUT2D eigenvalue weighted by Gasteiger charge is -2.03. The minimum absolute atomic E-state index is 0.117. The number of nitrogens with one attached hydrogen (secondary N) is 1. The van der Waals surface area contributed by atoms with Crippen LogP contribution in [0.4, 0.5) is 10.5 Å². The number of carbonyl (C=O) groups excluding carboxylic acids is 1. The fourth-order valence-corrected chi connectivity index (χ4v) is 3.27. The number of amidine groups is 1. The molecule has 0 aliphatic carbocycles. The van der Waals surface area contributed by atoms with Crippen LogP contribution in [0.5, 0.6) is 5.75 Å². The predicted octanol–water partition coefficient (Wildman–Crippen LogP) is 5.56. The van der Waals surface area contributed by atoms with E-state index >= 15 is 0 Å². The van der Waals surface area contributed by atoms with Crippen molar-refractivity contribution in [2.45, 2.75) is 13.8 Å². The Morgan fingerprint density at radius 1 is 1.15 bits per heavy atom. The average Bonchev–Trinajstić information content (AvgIpc) is 2.96. The predicted molar refractivity (Wildman–Crippen MR) is 109 cm³/mol. The summed E-state index contributed by atoms with van der Waals surface area (Å²) in [6.45, 7) is 4.58. The zero-order valence-electron chi connectivity index (χ0n) is 14.7. The summed E-state index contributed by atoms with van der Waals surface area (Å²) in [5.41, 5.74) is 2.94. The minimum atomic E-state index is -0.117. The van der Waals surface area contributed by atoms with Gasteiger partial charge in [-0.3, -0.25) is 4.79 Å². The number of hydrogen-bond donors (Lipinski definition) is 1. The molecule has 0 radical (unpaired) electrons. The molecule has 1 aliphatic rings. The second kappa shape index (κ2) is 8.54. The van der Waals surface area contributed by atoms with Crippen molar-refractivity contribution in [3.05, 3.63) is 76.7 Å². The molecule has 1 heterocycles. The Morgan fingerprint density at radius 3 is 2.58 bits per heavy atom. The highest BCUT2D eigenvalue weighted by atomic mass is 32.2. The molecule has 132 valence electrons. The minimum Gasteiger partial charge on any atom is -0.494 e. The number of hydrogen-bond acceptors (Lipinski definition) is 4. The van der Waals surface area contributed by atoms with E-state index in [9.17, 15) is 4.79 Å². The van der Waals surface area contributed by atoms with E-state index in [0.717, 1.165) is 39.2 Å². The highest BCUT2D eigenvalue weighted by Crippen LogP contribution is 2.28. The van der Waals surface area contributed by atoms with Gasteiger partial charge in [0.1, 0.15) is 11.6 Å². The molecule has 3 rings (SSSR count). The van der Waals surface area contributed by atoms with E-state index in [1.165, 1.54) is 0 Å². The van der Waals surface area contributed by atoms with E-state index in [4.69, 9.17) is 4.74 Å². The number of amides is 1. The van der Waals surface area contributed by atoms with E-state index in [1.54, 1.807) is 0 Å². The van der Waals surface area contributed by atoms with Gasteiger partial charge >= 0.3 is 0 Å². The first-order chi connectivity index (χ1) is 12.6. The maximum absolute atomic E-state index is 11.8. The van der Waals surface area contributed by atoms with E-state index < -0.39 is 0 Å². The van der Waals surface area contributed by atoms with Gasteiger partial charge in [-0.1, -0.05) is 36.4 Å². The van der Waals surface area contributed by atoms with Crippen LogP contribution < -0.4 is 10.1 Å². The van der Waals surface area contributed by atoms with Crippen molar-refractivity contribution in [2.75, 3.05) is 6.61 Å². The summed E-state index contributed by atoms with van der Waals surface area (Å²) >= 11 is 1.16. The molecule has 2 aromatic carbocycles. The van der Waals surface area contributed by atoms with Crippen molar-refractivity contribution in [2.24, 2.45) is 4.99 Å². The first-order valence-electron chi connectivity index (χ1n) is 8.40. The molecule has 0 atom stereocenters. The summed E-state index contributed by atoms with van der Waals surface area (Å²) in [6, 6.07) is 17.6. The van der Waals surface area contributed by atoms with Crippen LogP contribution in [-0.2, 0) is 0 Å². The number of nitrogens with zero attached hydrogens (tertiary/aromatic N) is 1. The van der Waals surface area contributed by atoms with Crippen LogP contribution in [0.1, 0.15) is 19.4 Å². The van der Waals surface area contributed by atoms with Crippen molar-refractivity contribution >= 4 is 34.6 Å². The molecule has 1 aliphatic heterocycles. The number of ether oxygens (including phenoxy) is 1. The normalized spacial score (nSPS) is 17.6. The van der Waals surface area contributed by atoms with E-state index in [1.807, 2.05) is 74.5 Å². The molecule has 0 saturated carbocycles. The molecule has 1 amide bonds. The Labute approximate surface area is 157 Å². The standard InChI is InChI=1S/C21H20N2O2S/c1-3-25-18-11-9-17(10-12-18)22-20-19(26-21(24)23-20)14-15(2)13-16-7-5-4-6-8-16/h4-14H,3H2,1-2H3,(H,22,23,24)/b15-13+,19-14-. The maximum Gasteiger partial charge on any atom is 0.289 e. The van der Waals surface area contributed by atoms with Crippen LogP contribution in [0.2, 0.25) is 0 Å². The van der Waals surface area contributed by atoms with Crippen molar-refractivity contribution in [1.82, 2.24) is 5.32 Å². The monoisotopic (exact) mass is 364 g/mol. The van der Waals surface area contributed by atoms with Crippen molar-refractivity contribution in [3.63, 3.8) is 0 Å². The Balaban J connectivity index is 1.83. The largest absolute Gasteiger partial charge is 0.494 e. The highest BCUT2D eigenvalue weighted by molar-refractivity contribution is 8.18. The molecular formula is C21H20N2O2S. The summed E-state index contributed by atoms with van der Waals surface area (Å²) in [5, 5.41) is 2.69. The van der Waals surface area contributed by atoms with Crippen LogP contribution in [0.15, 0.2) is 76.1 Å². The van der Waals surface area contributed by atoms with Gasteiger partial charge in [-0.25, -0.2) is 4.99 Å². The van der Waals surface area contributed by atoms with Gasteiger partial charge in [0.25, 0.3) is 5.24 Å². The van der Waals surface area contributed by atoms with E-state index in [-0.39, 0.29) is 5.24 Å². The van der Waals surface area contributed by atoms with Gasteiger partial charge in [0, 0.05) is 0 Å². The number of allylic oxidation sites excluding steroid dienone is 2. The molecule has 1 N–H and O–H groups in total. The topological polar surface area (TPSA) is 50.7 Å². The second-order valence-electron chi connectivity index (χ2n) is 5.71. The second-order valence-corrected chi connectivity index (χ2v) is 6.72. The number of carbonyl (C=O) groups is 1. The molecule has 5 heteroatoms. The van der Waals surface area contributed by atoms with Gasteiger partial charge in [-0.15, -0.1) is 0 Å². The third-order valence-corrected chi connectivity index (χ3v) is 4.42. The smallest absolute Gasteiger partial charge is 0.289 e. The van der Waals surface area contributed by atoms with Crippen LogP contribution in [0.3, 0.4) is 0 Å². The molecule has 2 aromatic rings. The van der Waals surface area contributed by atoms with E-state index in [2.05, 4.69) is 16.4 Å². The van der Waals surface area contributed by atoms with Crippen LogP contribution in [0, 0.1) is 0 Å². The fourth-order valence-electron chi connectivity index (χ4n) is 2.49. The Kier molecular flexibility index (Phi) is 5.92. The first kappa shape index (κ1) is 18.0. The quantitative estimate of drug-likeness (QED) is 0.756. The third kappa shape index (κ3) is 4.86. The Hall–Kier alpha value is -2.79. The number of benzene rings is 2. The van der Waals surface area contributed by atoms with Gasteiger partial charge in [-0.2, -0.15) is 0 Å². The number of rotatable bonds is 5. The summed E-state index contributed by atoms with van der Waals surface area (Å²) in [6.07, 6.45) is 4.05. The highest BCUT2D eigenvalue weighted by Gasteiger charge is 2.23. The molecule has 1 fully saturated rings. The molecule has 0 unspecified atom stereocenters. The summed E-state index contributed by atoms with van der Waals surface area (Å²) in [4.78, 5) is 17.2. The lowest BCUT2D eigenvalue weighted by Crippen LogP contribution is -2.18.